The van der Waals surface area contributed by atoms with Crippen LogP contribution in [0.5, 0.6) is 0 Å². The summed E-state index contributed by atoms with van der Waals surface area (Å²) in [6.07, 6.45) is 5.53. The Balaban J connectivity index is 2.39. The summed E-state index contributed by atoms with van der Waals surface area (Å²) in [6.45, 7) is 4.67. The average Bonchev–Trinajstić information content (AvgIpc) is 3.05. The first kappa shape index (κ1) is 16.0. The molecule has 0 radical (unpaired) electrons. The van der Waals surface area contributed by atoms with Crippen molar-refractivity contribution in [1.29, 1.82) is 0 Å². The number of aromatic nitrogens is 1. The zero-order valence-electron chi connectivity index (χ0n) is 13.4. The van der Waals surface area contributed by atoms with Crippen molar-refractivity contribution < 1.29 is 18.7 Å². The van der Waals surface area contributed by atoms with Crippen LogP contribution in [-0.2, 0) is 21.5 Å². The number of ether oxygens (including phenoxy) is 2. The topological polar surface area (TPSA) is 61.6 Å². The Kier molecular flexibility index (Phi) is 5.04. The van der Waals surface area contributed by atoms with E-state index in [0.717, 1.165) is 19.3 Å². The molecule has 0 spiro atoms. The van der Waals surface area contributed by atoms with Gasteiger partial charge in [0, 0.05) is 12.5 Å². The van der Waals surface area contributed by atoms with E-state index in [1.807, 2.05) is 0 Å². The summed E-state index contributed by atoms with van der Waals surface area (Å²) in [5.74, 6) is 0.937. The molecular formula is C16H25NO4. The lowest BCUT2D eigenvalue weighted by molar-refractivity contribution is 0.0553. The lowest BCUT2D eigenvalue weighted by atomic mass is 9.78. The van der Waals surface area contributed by atoms with Crippen LogP contribution < -0.4 is 0 Å². The summed E-state index contributed by atoms with van der Waals surface area (Å²) in [4.78, 5) is 16.4. The molecule has 0 unspecified atom stereocenters. The molecule has 1 saturated carbocycles. The zero-order valence-corrected chi connectivity index (χ0v) is 13.4. The van der Waals surface area contributed by atoms with Gasteiger partial charge < -0.3 is 13.9 Å². The average molecular weight is 295 g/mol. The molecular weight excluding hydrogens is 270 g/mol. The quantitative estimate of drug-likeness (QED) is 0.752. The van der Waals surface area contributed by atoms with Crippen LogP contribution >= 0.6 is 0 Å². The highest BCUT2D eigenvalue weighted by molar-refractivity contribution is 5.87. The minimum Gasteiger partial charge on any atom is -0.463 e. The van der Waals surface area contributed by atoms with Crippen molar-refractivity contribution in [3.05, 3.63) is 17.3 Å². The van der Waals surface area contributed by atoms with Gasteiger partial charge in [-0.3, -0.25) is 0 Å². The number of rotatable bonds is 6. The summed E-state index contributed by atoms with van der Waals surface area (Å²) in [5.41, 5.74) is 0.498. The van der Waals surface area contributed by atoms with E-state index in [-0.39, 0.29) is 17.8 Å². The molecule has 5 nitrogen and oxygen atoms in total. The number of oxazole rings is 1. The second-order valence-electron chi connectivity index (χ2n) is 6.30. The number of hydrogen-bond acceptors (Lipinski definition) is 5. The molecule has 1 aliphatic carbocycles. The Morgan fingerprint density at radius 1 is 1.33 bits per heavy atom. The largest absolute Gasteiger partial charge is 0.463 e. The van der Waals surface area contributed by atoms with Crippen LogP contribution in [0.3, 0.4) is 0 Å². The molecule has 0 aliphatic heterocycles. The maximum absolute atomic E-state index is 11.9. The highest BCUT2D eigenvalue weighted by Gasteiger charge is 2.41. The van der Waals surface area contributed by atoms with E-state index in [0.29, 0.717) is 17.5 Å². The van der Waals surface area contributed by atoms with E-state index in [4.69, 9.17) is 13.9 Å². The van der Waals surface area contributed by atoms with Gasteiger partial charge in [0.1, 0.15) is 5.69 Å². The van der Waals surface area contributed by atoms with Crippen LogP contribution in [0.1, 0.15) is 68.1 Å². The predicted octanol–water partition coefficient (Wildman–Crippen LogP) is 3.47. The van der Waals surface area contributed by atoms with Gasteiger partial charge in [0.25, 0.3) is 0 Å². The minimum absolute atomic E-state index is 0.0388. The van der Waals surface area contributed by atoms with Crippen LogP contribution in [0.4, 0.5) is 0 Å². The fraction of sp³-hybridized carbons (Fsp3) is 0.750. The first-order valence-corrected chi connectivity index (χ1v) is 7.60. The number of methoxy groups -OCH3 is 2. The highest BCUT2D eigenvalue weighted by atomic mass is 16.5. The molecule has 1 aromatic rings. The SMILES string of the molecule is COCc1nc(C2(CC(C)C)CCCC2)oc1C(=O)OC. The lowest BCUT2D eigenvalue weighted by Crippen LogP contribution is -2.25. The third-order valence-corrected chi connectivity index (χ3v) is 4.16. The van der Waals surface area contributed by atoms with E-state index >= 15 is 0 Å². The molecule has 0 saturated heterocycles. The Hall–Kier alpha value is -1.36. The minimum atomic E-state index is -0.488. The second-order valence-corrected chi connectivity index (χ2v) is 6.30. The fourth-order valence-electron chi connectivity index (χ4n) is 3.40. The standard InChI is InChI=1S/C16H25NO4/c1-11(2)9-16(7-5-6-8-16)15-17-12(10-19-3)13(21-15)14(18)20-4/h11H,5-10H2,1-4H3. The van der Waals surface area contributed by atoms with Crippen molar-refractivity contribution in [2.24, 2.45) is 5.92 Å². The van der Waals surface area contributed by atoms with Crippen molar-refractivity contribution in [3.8, 4) is 0 Å². The maximum atomic E-state index is 11.9. The molecule has 2 rings (SSSR count). The van der Waals surface area contributed by atoms with Gasteiger partial charge in [0.15, 0.2) is 0 Å². The third-order valence-electron chi connectivity index (χ3n) is 4.16. The van der Waals surface area contributed by atoms with Gasteiger partial charge in [-0.2, -0.15) is 0 Å². The smallest absolute Gasteiger partial charge is 0.376 e. The summed E-state index contributed by atoms with van der Waals surface area (Å²) in [5, 5.41) is 0. The van der Waals surface area contributed by atoms with Crippen LogP contribution in [-0.4, -0.2) is 25.2 Å². The zero-order chi connectivity index (χ0) is 15.5. The molecule has 1 aliphatic rings. The normalized spacial score (nSPS) is 17.4. The van der Waals surface area contributed by atoms with E-state index in [1.54, 1.807) is 7.11 Å². The molecule has 118 valence electrons. The number of hydrogen-bond donors (Lipinski definition) is 0. The number of carbonyl (C=O) groups is 1. The Bertz CT molecular complexity index is 486. The molecule has 0 amide bonds. The highest BCUT2D eigenvalue weighted by Crippen LogP contribution is 2.45. The van der Waals surface area contributed by atoms with Gasteiger partial charge in [-0.25, -0.2) is 9.78 Å². The number of nitrogens with zero attached hydrogens (tertiary/aromatic N) is 1. The number of esters is 1. The van der Waals surface area contributed by atoms with E-state index in [2.05, 4.69) is 18.8 Å². The molecule has 1 heterocycles. The van der Waals surface area contributed by atoms with Gasteiger partial charge in [-0.15, -0.1) is 0 Å². The van der Waals surface area contributed by atoms with Crippen molar-refractivity contribution in [2.75, 3.05) is 14.2 Å². The van der Waals surface area contributed by atoms with Gasteiger partial charge >= 0.3 is 5.97 Å². The fourth-order valence-corrected chi connectivity index (χ4v) is 3.40. The first-order chi connectivity index (χ1) is 10.0. The second kappa shape index (κ2) is 6.60. The van der Waals surface area contributed by atoms with Gasteiger partial charge in [0.05, 0.1) is 13.7 Å². The van der Waals surface area contributed by atoms with Crippen molar-refractivity contribution in [1.82, 2.24) is 4.98 Å². The van der Waals surface area contributed by atoms with Crippen LogP contribution in [0, 0.1) is 5.92 Å². The Morgan fingerprint density at radius 2 is 2.00 bits per heavy atom. The molecule has 1 fully saturated rings. The molecule has 0 bridgehead atoms. The summed E-state index contributed by atoms with van der Waals surface area (Å²) in [7, 11) is 2.93. The first-order valence-electron chi connectivity index (χ1n) is 7.60. The van der Waals surface area contributed by atoms with Crippen LogP contribution in [0.15, 0.2) is 4.42 Å². The molecule has 1 aromatic heterocycles. The number of carbonyl (C=O) groups excluding carboxylic acids is 1. The Morgan fingerprint density at radius 3 is 2.52 bits per heavy atom. The van der Waals surface area contributed by atoms with Gasteiger partial charge in [-0.1, -0.05) is 26.7 Å². The molecule has 0 aromatic carbocycles. The van der Waals surface area contributed by atoms with Crippen molar-refractivity contribution >= 4 is 5.97 Å². The molecule has 0 atom stereocenters. The van der Waals surface area contributed by atoms with Gasteiger partial charge in [-0.05, 0) is 25.2 Å². The summed E-state index contributed by atoms with van der Waals surface area (Å²) in [6, 6.07) is 0. The Labute approximate surface area is 126 Å². The van der Waals surface area contributed by atoms with Crippen LogP contribution in [0.2, 0.25) is 0 Å². The van der Waals surface area contributed by atoms with Gasteiger partial charge in [0.2, 0.25) is 11.7 Å². The van der Waals surface area contributed by atoms with E-state index in [1.165, 1.54) is 20.0 Å². The summed E-state index contributed by atoms with van der Waals surface area (Å²) >= 11 is 0. The van der Waals surface area contributed by atoms with Crippen molar-refractivity contribution in [2.45, 2.75) is 58.0 Å². The van der Waals surface area contributed by atoms with Crippen molar-refractivity contribution in [3.63, 3.8) is 0 Å². The third kappa shape index (κ3) is 3.28. The monoisotopic (exact) mass is 295 g/mol. The molecule has 21 heavy (non-hydrogen) atoms. The van der Waals surface area contributed by atoms with Crippen LogP contribution in [0.25, 0.3) is 0 Å². The lowest BCUT2D eigenvalue weighted by Gasteiger charge is -2.27. The van der Waals surface area contributed by atoms with E-state index in [9.17, 15) is 4.79 Å². The predicted molar refractivity (Wildman–Crippen MR) is 78.2 cm³/mol. The van der Waals surface area contributed by atoms with E-state index < -0.39 is 5.97 Å². The maximum Gasteiger partial charge on any atom is 0.376 e. The molecule has 5 heteroatoms. The summed E-state index contributed by atoms with van der Waals surface area (Å²) < 4.78 is 15.8. The molecule has 0 N–H and O–H groups in total.